The molecule has 0 bridgehead atoms. The van der Waals surface area contributed by atoms with Crippen LogP contribution in [-0.2, 0) is 0 Å². The number of allylic oxidation sites excluding steroid dienone is 1. The Bertz CT molecular complexity index is 291. The number of nitrogens with zero attached hydrogens (tertiary/aromatic N) is 4. The zero-order chi connectivity index (χ0) is 7.56. The lowest BCUT2D eigenvalue weighted by atomic mass is 10.3. The Morgan fingerprint density at radius 2 is 2.60 bits per heavy atom. The highest BCUT2D eigenvalue weighted by Crippen LogP contribution is 2.05. The predicted molar refractivity (Wildman–Crippen MR) is 38.4 cm³/mol. The van der Waals surface area contributed by atoms with Crippen LogP contribution in [0, 0.1) is 6.57 Å². The summed E-state index contributed by atoms with van der Waals surface area (Å²) in [6, 6.07) is 0. The van der Waals surface area contributed by atoms with Crippen molar-refractivity contribution in [3.8, 4) is 6.57 Å². The van der Waals surface area contributed by atoms with E-state index in [2.05, 4.69) is 21.6 Å². The highest BCUT2D eigenvalue weighted by atomic mass is 15.5. The van der Waals surface area contributed by atoms with Gasteiger partial charge in [0.25, 0.3) is 6.33 Å². The van der Waals surface area contributed by atoms with Crippen molar-refractivity contribution in [3.63, 3.8) is 0 Å². The highest BCUT2D eigenvalue weighted by Gasteiger charge is 2.09. The molecule has 1 aromatic heterocycles. The maximum Gasteiger partial charge on any atom is 0.259 e. The summed E-state index contributed by atoms with van der Waals surface area (Å²) in [7, 11) is 0. The van der Waals surface area contributed by atoms with Gasteiger partial charge < -0.3 is 0 Å². The first-order chi connectivity index (χ1) is 4.75. The molecule has 1 aromatic rings. The number of rotatable bonds is 1. The number of aromatic nitrogens is 3. The monoisotopic (exact) mass is 135 g/mol. The van der Waals surface area contributed by atoms with Gasteiger partial charge in [0.05, 0.1) is 5.10 Å². The predicted octanol–water partition coefficient (Wildman–Crippen LogP) is 1.04. The molecule has 4 nitrogen and oxygen atoms in total. The first-order valence-corrected chi connectivity index (χ1v) is 2.73. The van der Waals surface area contributed by atoms with E-state index < -0.39 is 0 Å². The molecule has 0 fully saturated rings. The lowest BCUT2D eigenvalue weighted by molar-refractivity contribution is 0.860. The van der Waals surface area contributed by atoms with E-state index in [0.29, 0.717) is 5.82 Å². The molecule has 0 saturated carbocycles. The molecule has 0 atom stereocenters. The zero-order valence-electron chi connectivity index (χ0n) is 5.65. The molecule has 1 heterocycles. The van der Waals surface area contributed by atoms with E-state index in [1.807, 2.05) is 6.92 Å². The molecule has 0 spiro atoms. The van der Waals surface area contributed by atoms with Gasteiger partial charge in [0.1, 0.15) is 4.79 Å². The molecule has 0 aromatic carbocycles. The smallest absolute Gasteiger partial charge is 0.184 e. The fourth-order valence-electron chi connectivity index (χ4n) is 0.601. The second-order valence-electron chi connectivity index (χ2n) is 1.87. The topological polar surface area (TPSA) is 35.1 Å². The zero-order valence-corrected chi connectivity index (χ0v) is 5.65. The van der Waals surface area contributed by atoms with E-state index in [9.17, 15) is 0 Å². The van der Waals surface area contributed by atoms with Crippen LogP contribution in [0.15, 0.2) is 12.9 Å². The molecular formula is C6H7N4+. The van der Waals surface area contributed by atoms with Crippen LogP contribution in [0.4, 0.5) is 0 Å². The third kappa shape index (κ3) is 0.890. The van der Waals surface area contributed by atoms with Crippen molar-refractivity contribution in [2.45, 2.75) is 6.92 Å². The van der Waals surface area contributed by atoms with E-state index in [1.165, 1.54) is 11.1 Å². The molecule has 0 amide bonds. The van der Waals surface area contributed by atoms with Crippen molar-refractivity contribution in [3.05, 3.63) is 23.7 Å². The van der Waals surface area contributed by atoms with Crippen molar-refractivity contribution in [1.29, 1.82) is 0 Å². The third-order valence-corrected chi connectivity index (χ3v) is 1.02. The minimum atomic E-state index is 0.586. The van der Waals surface area contributed by atoms with Crippen molar-refractivity contribution < 1.29 is 0 Å². The Hall–Kier alpha value is -1.63. The van der Waals surface area contributed by atoms with Crippen LogP contribution in [0.2, 0.25) is 0 Å². The normalized spacial score (nSPS) is 8.80. The average Bonchev–Trinajstić information content (AvgIpc) is 2.33. The van der Waals surface area contributed by atoms with Gasteiger partial charge in [-0.15, -0.1) is 0 Å². The summed E-state index contributed by atoms with van der Waals surface area (Å²) in [6.45, 7) is 10.5. The minimum Gasteiger partial charge on any atom is -0.184 e. The molecule has 0 N–H and O–H groups in total. The standard InChI is InChI=1S/C6H7N4/c1-5(2)6-8-4-9-10(6)7-3/h3-4H,1H2,2H3/q+1. The number of hydrogen-bond donors (Lipinski definition) is 0. The van der Waals surface area contributed by atoms with E-state index in [0.717, 1.165) is 5.57 Å². The summed E-state index contributed by atoms with van der Waals surface area (Å²) in [4.78, 5) is 8.42. The molecule has 1 rings (SSSR count). The van der Waals surface area contributed by atoms with Gasteiger partial charge >= 0.3 is 0 Å². The lowest BCUT2D eigenvalue weighted by Crippen LogP contribution is -1.92. The van der Waals surface area contributed by atoms with Gasteiger partial charge in [-0.05, 0) is 12.5 Å². The Morgan fingerprint density at radius 3 is 3.00 bits per heavy atom. The average molecular weight is 135 g/mol. The molecule has 10 heavy (non-hydrogen) atoms. The Morgan fingerprint density at radius 1 is 1.90 bits per heavy atom. The molecule has 0 unspecified atom stereocenters. The van der Waals surface area contributed by atoms with Gasteiger partial charge in [0.15, 0.2) is 6.57 Å². The largest absolute Gasteiger partial charge is 0.259 e. The van der Waals surface area contributed by atoms with Gasteiger partial charge in [-0.2, -0.15) is 4.98 Å². The van der Waals surface area contributed by atoms with Crippen LogP contribution < -0.4 is 0 Å². The summed E-state index contributed by atoms with van der Waals surface area (Å²) >= 11 is 0. The van der Waals surface area contributed by atoms with Crippen LogP contribution in [0.1, 0.15) is 12.7 Å². The van der Waals surface area contributed by atoms with Crippen LogP contribution in [0.5, 0.6) is 0 Å². The highest BCUT2D eigenvalue weighted by molar-refractivity contribution is 5.54. The minimum absolute atomic E-state index is 0.586. The summed E-state index contributed by atoms with van der Waals surface area (Å²) in [5, 5.41) is 3.71. The SMILES string of the molecule is C#[N+]n1ncnc1C(=C)C. The molecule has 50 valence electrons. The van der Waals surface area contributed by atoms with Gasteiger partial charge in [0, 0.05) is 0 Å². The fourth-order valence-corrected chi connectivity index (χ4v) is 0.601. The summed E-state index contributed by atoms with van der Waals surface area (Å²) in [6.07, 6.45) is 1.38. The fraction of sp³-hybridized carbons (Fsp3) is 0.167. The second kappa shape index (κ2) is 2.31. The molecule has 4 heteroatoms. The first kappa shape index (κ1) is 6.49. The van der Waals surface area contributed by atoms with E-state index in [-0.39, 0.29) is 0 Å². The number of hydrogen-bond acceptors (Lipinski definition) is 2. The van der Waals surface area contributed by atoms with Crippen LogP contribution >= 0.6 is 0 Å². The van der Waals surface area contributed by atoms with Gasteiger partial charge in [0.2, 0.25) is 5.82 Å². The summed E-state index contributed by atoms with van der Waals surface area (Å²) in [5.74, 6) is 0.586. The molecule has 0 aliphatic rings. The Kier molecular flexibility index (Phi) is 1.50. The second-order valence-corrected chi connectivity index (χ2v) is 1.87. The third-order valence-electron chi connectivity index (χ3n) is 1.02. The van der Waals surface area contributed by atoms with Gasteiger partial charge in [-0.25, -0.2) is 0 Å². The van der Waals surface area contributed by atoms with Crippen molar-refractivity contribution in [2.24, 2.45) is 0 Å². The Labute approximate surface area is 58.6 Å². The maximum absolute atomic E-state index is 4.98. The van der Waals surface area contributed by atoms with Gasteiger partial charge in [-0.3, -0.25) is 0 Å². The van der Waals surface area contributed by atoms with Crippen molar-refractivity contribution in [1.82, 2.24) is 14.9 Å². The van der Waals surface area contributed by atoms with Crippen LogP contribution in [0.3, 0.4) is 0 Å². The molecule has 0 aliphatic carbocycles. The summed E-state index contributed by atoms with van der Waals surface area (Å²) < 4.78 is 0. The Balaban J connectivity index is 3.17. The van der Waals surface area contributed by atoms with Crippen LogP contribution in [0.25, 0.3) is 10.5 Å². The molecular weight excluding hydrogens is 128 g/mol. The lowest BCUT2D eigenvalue weighted by Gasteiger charge is -1.84. The van der Waals surface area contributed by atoms with Crippen molar-refractivity contribution >= 4 is 5.57 Å². The molecule has 0 radical (unpaired) electrons. The van der Waals surface area contributed by atoms with Crippen molar-refractivity contribution in [2.75, 3.05) is 0 Å². The van der Waals surface area contributed by atoms with Gasteiger partial charge in [-0.1, -0.05) is 11.5 Å². The quantitative estimate of drug-likeness (QED) is 0.576. The van der Waals surface area contributed by atoms with E-state index >= 15 is 0 Å². The summed E-state index contributed by atoms with van der Waals surface area (Å²) in [5.41, 5.74) is 0.784. The van der Waals surface area contributed by atoms with E-state index in [1.54, 1.807) is 0 Å². The van der Waals surface area contributed by atoms with E-state index in [4.69, 9.17) is 6.57 Å². The van der Waals surface area contributed by atoms with Crippen LogP contribution in [-0.4, -0.2) is 14.9 Å². The maximum atomic E-state index is 4.98. The molecule has 0 aliphatic heterocycles. The molecule has 0 saturated heterocycles. The first-order valence-electron chi connectivity index (χ1n) is 2.73.